The third kappa shape index (κ3) is 1.89. The number of nitrogen functional groups attached to an aromatic ring is 1. The second kappa shape index (κ2) is 4.88. The number of aliphatic hydroxyl groups is 3. The van der Waals surface area contributed by atoms with Crippen LogP contribution in [-0.2, 0) is 4.74 Å². The van der Waals surface area contributed by atoms with E-state index in [1.54, 1.807) is 12.1 Å². The Morgan fingerprint density at radius 1 is 1.43 bits per heavy atom. The van der Waals surface area contributed by atoms with E-state index in [1.165, 1.54) is 10.8 Å². The van der Waals surface area contributed by atoms with Crippen molar-refractivity contribution < 1.29 is 24.4 Å². The van der Waals surface area contributed by atoms with E-state index in [9.17, 15) is 19.7 Å². The van der Waals surface area contributed by atoms with Crippen LogP contribution in [0.4, 0.5) is 10.2 Å². The number of halogens is 1. The minimum Gasteiger partial charge on any atom is -0.393 e. The van der Waals surface area contributed by atoms with Gasteiger partial charge in [-0.15, -0.1) is 0 Å². The molecule has 0 unspecified atom stereocenters. The maximum Gasteiger partial charge on any atom is 0.151 e. The number of anilines is 1. The average molecular weight is 298 g/mol. The standard InChI is InChI=1S/C12H15FN4O4/c13-3-12(4-18)10(20)8(19)9(21-12)6-1-2-7-11(14)15-5-16-17(6)7/h1-2,5,8-10,18-20H,3-4H2,(H2,14,15,16)/t8-,9-,10-,12+/m0/s1. The van der Waals surface area contributed by atoms with Crippen LogP contribution in [-0.4, -0.2) is 61.0 Å². The Balaban J connectivity index is 2.06. The maximum absolute atomic E-state index is 13.2. The Hall–Kier alpha value is -1.81. The molecule has 0 amide bonds. The fourth-order valence-corrected chi connectivity index (χ4v) is 2.58. The van der Waals surface area contributed by atoms with Gasteiger partial charge in [0.2, 0.25) is 0 Å². The van der Waals surface area contributed by atoms with Crippen molar-refractivity contribution in [3.05, 3.63) is 24.2 Å². The smallest absolute Gasteiger partial charge is 0.151 e. The number of alkyl halides is 1. The van der Waals surface area contributed by atoms with Crippen LogP contribution in [0.2, 0.25) is 0 Å². The minimum absolute atomic E-state index is 0.239. The van der Waals surface area contributed by atoms with Crippen LogP contribution in [0.3, 0.4) is 0 Å². The Morgan fingerprint density at radius 3 is 2.81 bits per heavy atom. The van der Waals surface area contributed by atoms with Crippen LogP contribution in [0.1, 0.15) is 11.8 Å². The van der Waals surface area contributed by atoms with Gasteiger partial charge in [0.15, 0.2) is 5.82 Å². The lowest BCUT2D eigenvalue weighted by molar-refractivity contribution is -0.123. The van der Waals surface area contributed by atoms with E-state index in [4.69, 9.17) is 10.5 Å². The summed E-state index contributed by atoms with van der Waals surface area (Å²) in [5.74, 6) is 0.239. The topological polar surface area (TPSA) is 126 Å². The molecule has 0 spiro atoms. The molecular formula is C12H15FN4O4. The molecule has 9 heteroatoms. The molecule has 114 valence electrons. The summed E-state index contributed by atoms with van der Waals surface area (Å²) in [6, 6.07) is 3.22. The van der Waals surface area contributed by atoms with E-state index in [0.29, 0.717) is 11.2 Å². The summed E-state index contributed by atoms with van der Waals surface area (Å²) in [6.45, 7) is -1.88. The molecule has 4 atom stereocenters. The van der Waals surface area contributed by atoms with E-state index >= 15 is 0 Å². The van der Waals surface area contributed by atoms with Crippen LogP contribution < -0.4 is 5.73 Å². The van der Waals surface area contributed by atoms with Gasteiger partial charge in [-0.3, -0.25) is 0 Å². The monoisotopic (exact) mass is 298 g/mol. The van der Waals surface area contributed by atoms with E-state index in [-0.39, 0.29) is 5.82 Å². The first-order valence-corrected chi connectivity index (χ1v) is 6.33. The van der Waals surface area contributed by atoms with Gasteiger partial charge in [-0.2, -0.15) is 5.10 Å². The lowest BCUT2D eigenvalue weighted by Crippen LogP contribution is -2.48. The summed E-state index contributed by atoms with van der Waals surface area (Å²) in [5.41, 5.74) is 4.75. The van der Waals surface area contributed by atoms with Crippen molar-refractivity contribution in [1.82, 2.24) is 14.6 Å². The zero-order chi connectivity index (χ0) is 15.2. The van der Waals surface area contributed by atoms with Crippen LogP contribution in [0.25, 0.3) is 5.52 Å². The molecule has 3 heterocycles. The highest BCUT2D eigenvalue weighted by Crippen LogP contribution is 2.40. The van der Waals surface area contributed by atoms with Gasteiger partial charge in [-0.25, -0.2) is 13.9 Å². The van der Waals surface area contributed by atoms with E-state index in [1.807, 2.05) is 0 Å². The molecule has 0 bridgehead atoms. The van der Waals surface area contributed by atoms with Crippen molar-refractivity contribution in [3.8, 4) is 0 Å². The minimum atomic E-state index is -1.84. The largest absolute Gasteiger partial charge is 0.393 e. The normalized spacial score (nSPS) is 32.9. The molecule has 2 aromatic heterocycles. The number of ether oxygens (including phenoxy) is 1. The van der Waals surface area contributed by atoms with Gasteiger partial charge >= 0.3 is 0 Å². The maximum atomic E-state index is 13.2. The zero-order valence-electron chi connectivity index (χ0n) is 10.9. The molecule has 1 aliphatic rings. The van der Waals surface area contributed by atoms with Crippen molar-refractivity contribution in [2.24, 2.45) is 0 Å². The number of aromatic nitrogens is 3. The van der Waals surface area contributed by atoms with Crippen LogP contribution in [0.15, 0.2) is 18.5 Å². The number of fused-ring (bicyclic) bond motifs is 1. The third-order valence-corrected chi connectivity index (χ3v) is 3.83. The average Bonchev–Trinajstić information content (AvgIpc) is 3.02. The number of aliphatic hydroxyl groups excluding tert-OH is 3. The first kappa shape index (κ1) is 14.1. The van der Waals surface area contributed by atoms with E-state index < -0.39 is 37.2 Å². The predicted octanol–water partition coefficient (Wildman–Crippen LogP) is -1.19. The lowest BCUT2D eigenvalue weighted by Gasteiger charge is -2.26. The van der Waals surface area contributed by atoms with Gasteiger partial charge < -0.3 is 25.8 Å². The summed E-state index contributed by atoms with van der Waals surface area (Å²) in [5, 5.41) is 33.4. The Labute approximate surface area is 118 Å². The fraction of sp³-hybridized carbons (Fsp3) is 0.500. The molecule has 21 heavy (non-hydrogen) atoms. The first-order valence-electron chi connectivity index (χ1n) is 6.33. The second-order valence-electron chi connectivity index (χ2n) is 5.03. The molecule has 1 fully saturated rings. The van der Waals surface area contributed by atoms with E-state index in [0.717, 1.165) is 0 Å². The van der Waals surface area contributed by atoms with Crippen molar-refractivity contribution >= 4 is 11.3 Å². The number of nitrogens with two attached hydrogens (primary N) is 1. The molecule has 5 N–H and O–H groups in total. The molecule has 0 aliphatic carbocycles. The molecule has 2 aromatic rings. The van der Waals surface area contributed by atoms with Gasteiger partial charge in [-0.1, -0.05) is 0 Å². The van der Waals surface area contributed by atoms with Gasteiger partial charge in [0, 0.05) is 0 Å². The lowest BCUT2D eigenvalue weighted by atomic mass is 9.96. The van der Waals surface area contributed by atoms with Gasteiger partial charge in [0.1, 0.15) is 42.4 Å². The summed E-state index contributed by atoms with van der Waals surface area (Å²) in [7, 11) is 0. The van der Waals surface area contributed by atoms with Gasteiger partial charge in [0.05, 0.1) is 12.3 Å². The van der Waals surface area contributed by atoms with Gasteiger partial charge in [-0.05, 0) is 12.1 Å². The Morgan fingerprint density at radius 2 is 2.19 bits per heavy atom. The predicted molar refractivity (Wildman–Crippen MR) is 69.0 cm³/mol. The fourth-order valence-electron chi connectivity index (χ4n) is 2.58. The molecule has 0 aromatic carbocycles. The summed E-state index contributed by atoms with van der Waals surface area (Å²) >= 11 is 0. The number of nitrogens with zero attached hydrogens (tertiary/aromatic N) is 3. The highest BCUT2D eigenvalue weighted by molar-refractivity contribution is 5.65. The molecule has 0 radical (unpaired) electrons. The SMILES string of the molecule is Nc1ncnn2c([C@@H]3O[C@@](CO)(CF)[C@@H](O)[C@H]3O)ccc12. The highest BCUT2D eigenvalue weighted by atomic mass is 19.1. The molecule has 0 saturated carbocycles. The Bertz CT molecular complexity index is 660. The van der Waals surface area contributed by atoms with Crippen LogP contribution in [0.5, 0.6) is 0 Å². The number of hydrogen-bond donors (Lipinski definition) is 4. The molecule has 1 saturated heterocycles. The molecule has 1 aliphatic heterocycles. The second-order valence-corrected chi connectivity index (χ2v) is 5.03. The van der Waals surface area contributed by atoms with Crippen molar-refractivity contribution in [2.75, 3.05) is 19.0 Å². The van der Waals surface area contributed by atoms with Crippen LogP contribution in [0, 0.1) is 0 Å². The van der Waals surface area contributed by atoms with Crippen molar-refractivity contribution in [2.45, 2.75) is 23.9 Å². The highest BCUT2D eigenvalue weighted by Gasteiger charge is 2.55. The first-order chi connectivity index (χ1) is 10.0. The van der Waals surface area contributed by atoms with Crippen LogP contribution >= 0.6 is 0 Å². The number of rotatable bonds is 3. The summed E-state index contributed by atoms with van der Waals surface area (Å²) < 4.78 is 20.0. The molecule has 3 rings (SSSR count). The summed E-state index contributed by atoms with van der Waals surface area (Å²) in [4.78, 5) is 3.84. The number of hydrogen-bond acceptors (Lipinski definition) is 7. The van der Waals surface area contributed by atoms with Gasteiger partial charge in [0.25, 0.3) is 0 Å². The third-order valence-electron chi connectivity index (χ3n) is 3.83. The van der Waals surface area contributed by atoms with E-state index in [2.05, 4.69) is 10.1 Å². The Kier molecular flexibility index (Phi) is 3.29. The zero-order valence-corrected chi connectivity index (χ0v) is 10.9. The van der Waals surface area contributed by atoms with Crippen molar-refractivity contribution in [3.63, 3.8) is 0 Å². The summed E-state index contributed by atoms with van der Waals surface area (Å²) in [6.07, 6.45) is -2.76. The molecular weight excluding hydrogens is 283 g/mol. The molecule has 8 nitrogen and oxygen atoms in total. The quantitative estimate of drug-likeness (QED) is 0.561. The van der Waals surface area contributed by atoms with Crippen molar-refractivity contribution in [1.29, 1.82) is 0 Å².